The molecular formula is C12H11F4NO3. The lowest BCUT2D eigenvalue weighted by Gasteiger charge is -2.07. The van der Waals surface area contributed by atoms with Crippen molar-refractivity contribution in [2.75, 3.05) is 6.54 Å². The lowest BCUT2D eigenvalue weighted by atomic mass is 10.1. The van der Waals surface area contributed by atoms with Gasteiger partial charge in [0.05, 0.1) is 5.56 Å². The number of amides is 1. The van der Waals surface area contributed by atoms with Crippen LogP contribution in [0.15, 0.2) is 6.07 Å². The van der Waals surface area contributed by atoms with Crippen molar-refractivity contribution in [1.82, 2.24) is 5.32 Å². The number of carbonyl (C=O) groups excluding carboxylic acids is 1. The van der Waals surface area contributed by atoms with Gasteiger partial charge in [0, 0.05) is 13.0 Å². The first-order chi connectivity index (χ1) is 9.34. The Morgan fingerprint density at radius 3 is 2.30 bits per heavy atom. The van der Waals surface area contributed by atoms with Gasteiger partial charge < -0.3 is 10.4 Å². The number of carboxylic acid groups (broad SMARTS) is 1. The van der Waals surface area contributed by atoms with Crippen molar-refractivity contribution in [3.63, 3.8) is 0 Å². The van der Waals surface area contributed by atoms with Crippen molar-refractivity contribution < 1.29 is 32.3 Å². The highest BCUT2D eigenvalue weighted by Gasteiger charge is 2.22. The number of carboxylic acids is 1. The second-order valence-electron chi connectivity index (χ2n) is 3.95. The maximum atomic E-state index is 13.3. The van der Waals surface area contributed by atoms with Crippen molar-refractivity contribution in [2.24, 2.45) is 0 Å². The van der Waals surface area contributed by atoms with E-state index in [1.807, 2.05) is 0 Å². The number of hydrogen-bond donors (Lipinski definition) is 2. The lowest BCUT2D eigenvalue weighted by molar-refractivity contribution is -0.137. The summed E-state index contributed by atoms with van der Waals surface area (Å²) in [6.07, 6.45) is 0.486. The second kappa shape index (κ2) is 6.88. The van der Waals surface area contributed by atoms with Gasteiger partial charge in [0.25, 0.3) is 5.91 Å². The predicted octanol–water partition coefficient (Wildman–Crippen LogP) is 2.23. The molecule has 0 saturated heterocycles. The van der Waals surface area contributed by atoms with Crippen molar-refractivity contribution >= 4 is 11.9 Å². The molecule has 0 heterocycles. The summed E-state index contributed by atoms with van der Waals surface area (Å²) in [6, 6.07) is 0.264. The molecule has 0 unspecified atom stereocenters. The third-order valence-corrected chi connectivity index (χ3v) is 2.45. The van der Waals surface area contributed by atoms with E-state index in [1.165, 1.54) is 0 Å². The number of benzene rings is 1. The Hall–Kier alpha value is -2.12. The van der Waals surface area contributed by atoms with E-state index in [1.54, 1.807) is 0 Å². The summed E-state index contributed by atoms with van der Waals surface area (Å²) in [5, 5.41) is 10.5. The predicted molar refractivity (Wildman–Crippen MR) is 60.1 cm³/mol. The minimum Gasteiger partial charge on any atom is -0.481 e. The van der Waals surface area contributed by atoms with Crippen LogP contribution in [0, 0.1) is 23.3 Å². The fourth-order valence-corrected chi connectivity index (χ4v) is 1.44. The number of rotatable bonds is 6. The standard InChI is InChI=1S/C12H11F4NO3/c13-7-5-6(9(14)11(16)10(7)15)12(20)17-4-2-1-3-8(18)19/h5H,1-4H2,(H,17,20)(H,18,19). The Morgan fingerprint density at radius 2 is 1.70 bits per heavy atom. The van der Waals surface area contributed by atoms with Gasteiger partial charge in [-0.1, -0.05) is 0 Å². The van der Waals surface area contributed by atoms with Gasteiger partial charge in [-0.3, -0.25) is 9.59 Å². The minimum absolute atomic E-state index is 0.00612. The van der Waals surface area contributed by atoms with Crippen molar-refractivity contribution in [2.45, 2.75) is 19.3 Å². The molecule has 0 aromatic heterocycles. The fraction of sp³-hybridized carbons (Fsp3) is 0.333. The number of aliphatic carboxylic acids is 1. The molecule has 0 spiro atoms. The van der Waals surface area contributed by atoms with E-state index in [9.17, 15) is 27.2 Å². The van der Waals surface area contributed by atoms with Crippen LogP contribution in [0.2, 0.25) is 0 Å². The summed E-state index contributed by atoms with van der Waals surface area (Å²) >= 11 is 0. The molecule has 4 nitrogen and oxygen atoms in total. The third kappa shape index (κ3) is 3.94. The van der Waals surface area contributed by atoms with Crippen LogP contribution in [0.1, 0.15) is 29.6 Å². The van der Waals surface area contributed by atoms with Crippen molar-refractivity contribution in [1.29, 1.82) is 0 Å². The van der Waals surface area contributed by atoms with Gasteiger partial charge >= 0.3 is 5.97 Å². The molecule has 0 aliphatic carbocycles. The molecule has 0 aliphatic heterocycles. The molecule has 1 aromatic carbocycles. The molecule has 1 rings (SSSR count). The molecule has 0 atom stereocenters. The summed E-state index contributed by atoms with van der Waals surface area (Å²) < 4.78 is 51.7. The minimum atomic E-state index is -2.05. The molecule has 20 heavy (non-hydrogen) atoms. The normalized spacial score (nSPS) is 10.4. The van der Waals surface area contributed by atoms with Crippen LogP contribution in [0.3, 0.4) is 0 Å². The van der Waals surface area contributed by atoms with Gasteiger partial charge in [-0.15, -0.1) is 0 Å². The highest BCUT2D eigenvalue weighted by Crippen LogP contribution is 2.18. The van der Waals surface area contributed by atoms with Crippen LogP contribution in [-0.2, 0) is 4.79 Å². The SMILES string of the molecule is O=C(O)CCCCNC(=O)c1cc(F)c(F)c(F)c1F. The van der Waals surface area contributed by atoms with E-state index in [4.69, 9.17) is 5.11 Å². The summed E-state index contributed by atoms with van der Waals surface area (Å²) in [5.74, 6) is -9.57. The average Bonchev–Trinajstić information content (AvgIpc) is 2.39. The van der Waals surface area contributed by atoms with Gasteiger partial charge in [-0.25, -0.2) is 17.6 Å². The van der Waals surface area contributed by atoms with Crippen LogP contribution >= 0.6 is 0 Å². The Balaban J connectivity index is 2.62. The maximum Gasteiger partial charge on any atom is 0.303 e. The number of carbonyl (C=O) groups is 2. The maximum absolute atomic E-state index is 13.3. The number of hydrogen-bond acceptors (Lipinski definition) is 2. The molecule has 0 radical (unpaired) electrons. The molecule has 2 N–H and O–H groups in total. The zero-order chi connectivity index (χ0) is 15.3. The summed E-state index contributed by atoms with van der Waals surface area (Å²) in [4.78, 5) is 21.7. The Labute approximate surface area is 111 Å². The van der Waals surface area contributed by atoms with E-state index < -0.39 is 40.7 Å². The van der Waals surface area contributed by atoms with Crippen molar-refractivity contribution in [3.8, 4) is 0 Å². The fourth-order valence-electron chi connectivity index (χ4n) is 1.44. The van der Waals surface area contributed by atoms with Crippen molar-refractivity contribution in [3.05, 3.63) is 34.9 Å². The van der Waals surface area contributed by atoms with E-state index >= 15 is 0 Å². The highest BCUT2D eigenvalue weighted by atomic mass is 19.2. The monoisotopic (exact) mass is 293 g/mol. The highest BCUT2D eigenvalue weighted by molar-refractivity contribution is 5.94. The quantitative estimate of drug-likeness (QED) is 0.366. The first-order valence-corrected chi connectivity index (χ1v) is 5.67. The Kier molecular flexibility index (Phi) is 5.48. The number of halogens is 4. The molecule has 0 bridgehead atoms. The van der Waals surface area contributed by atoms with E-state index in [0.717, 1.165) is 0 Å². The first-order valence-electron chi connectivity index (χ1n) is 5.67. The van der Waals surface area contributed by atoms with Gasteiger partial charge in [0.1, 0.15) is 0 Å². The summed E-state index contributed by atoms with van der Waals surface area (Å²) in [6.45, 7) is 0.00612. The Bertz CT molecular complexity index is 534. The van der Waals surface area contributed by atoms with Crippen LogP contribution < -0.4 is 5.32 Å². The first kappa shape index (κ1) is 15.9. The third-order valence-electron chi connectivity index (χ3n) is 2.45. The smallest absolute Gasteiger partial charge is 0.303 e. The molecule has 1 aromatic rings. The lowest BCUT2D eigenvalue weighted by Crippen LogP contribution is -2.26. The molecule has 1 amide bonds. The van der Waals surface area contributed by atoms with Crippen LogP contribution in [0.25, 0.3) is 0 Å². The van der Waals surface area contributed by atoms with Gasteiger partial charge in [0.15, 0.2) is 23.3 Å². The number of nitrogens with one attached hydrogen (secondary N) is 1. The van der Waals surface area contributed by atoms with E-state index in [-0.39, 0.29) is 25.5 Å². The number of unbranched alkanes of at least 4 members (excludes halogenated alkanes) is 1. The zero-order valence-corrected chi connectivity index (χ0v) is 10.2. The van der Waals surface area contributed by atoms with Gasteiger partial charge in [0.2, 0.25) is 0 Å². The summed E-state index contributed by atoms with van der Waals surface area (Å²) in [7, 11) is 0. The zero-order valence-electron chi connectivity index (χ0n) is 10.2. The topological polar surface area (TPSA) is 66.4 Å². The summed E-state index contributed by atoms with van der Waals surface area (Å²) in [5.41, 5.74) is -0.945. The van der Waals surface area contributed by atoms with Crippen LogP contribution in [0.4, 0.5) is 17.6 Å². The molecule has 0 aliphatic rings. The largest absolute Gasteiger partial charge is 0.481 e. The van der Waals surface area contributed by atoms with E-state index in [0.29, 0.717) is 6.42 Å². The molecule has 0 saturated carbocycles. The van der Waals surface area contributed by atoms with E-state index in [2.05, 4.69) is 5.32 Å². The van der Waals surface area contributed by atoms with Crippen LogP contribution in [-0.4, -0.2) is 23.5 Å². The average molecular weight is 293 g/mol. The molecular weight excluding hydrogens is 282 g/mol. The second-order valence-corrected chi connectivity index (χ2v) is 3.95. The molecule has 0 fully saturated rings. The molecule has 110 valence electrons. The van der Waals surface area contributed by atoms with Crippen LogP contribution in [0.5, 0.6) is 0 Å². The molecule has 8 heteroatoms. The van der Waals surface area contributed by atoms with Gasteiger partial charge in [-0.05, 0) is 18.9 Å². The Morgan fingerprint density at radius 1 is 1.05 bits per heavy atom. The van der Waals surface area contributed by atoms with Gasteiger partial charge in [-0.2, -0.15) is 0 Å².